The topological polar surface area (TPSA) is 64.2 Å². The molecule has 0 aliphatic rings. The lowest BCUT2D eigenvalue weighted by molar-refractivity contribution is -0.132. The molecule has 0 radical (unpaired) electrons. The second-order valence-corrected chi connectivity index (χ2v) is 4.34. The van der Waals surface area contributed by atoms with Gasteiger partial charge in [0, 0.05) is 13.1 Å². The third-order valence-electron chi connectivity index (χ3n) is 2.89. The van der Waals surface area contributed by atoms with Crippen molar-refractivity contribution in [3.63, 3.8) is 0 Å². The van der Waals surface area contributed by atoms with E-state index in [1.807, 2.05) is 27.7 Å². The molecule has 5 nitrogen and oxygen atoms in total. The minimum atomic E-state index is 0.0422. The van der Waals surface area contributed by atoms with Crippen molar-refractivity contribution < 1.29 is 4.79 Å². The maximum atomic E-state index is 11.9. The van der Waals surface area contributed by atoms with Crippen LogP contribution in [0.2, 0.25) is 0 Å². The number of hydrogen-bond donors (Lipinski definition) is 1. The third kappa shape index (κ3) is 2.35. The highest BCUT2D eigenvalue weighted by molar-refractivity contribution is 5.76. The van der Waals surface area contributed by atoms with Crippen molar-refractivity contribution in [2.75, 3.05) is 12.8 Å². The molecule has 1 heterocycles. The Hall–Kier alpha value is -1.52. The Balaban J connectivity index is 2.81. The SMILES string of the molecule is Cc1nn(CC(=O)N(C)C(C)C)c(C)c1N. The van der Waals surface area contributed by atoms with Gasteiger partial charge in [0.05, 0.1) is 17.1 Å². The molecular weight excluding hydrogens is 204 g/mol. The Morgan fingerprint density at radius 3 is 2.44 bits per heavy atom. The predicted octanol–water partition coefficient (Wildman–Crippen LogP) is 0.949. The monoisotopic (exact) mass is 224 g/mol. The molecule has 0 bridgehead atoms. The average Bonchev–Trinajstić information content (AvgIpc) is 2.45. The Kier molecular flexibility index (Phi) is 3.57. The summed E-state index contributed by atoms with van der Waals surface area (Å²) in [6.07, 6.45) is 0. The van der Waals surface area contributed by atoms with E-state index in [1.165, 1.54) is 0 Å². The smallest absolute Gasteiger partial charge is 0.244 e. The van der Waals surface area contributed by atoms with E-state index in [2.05, 4.69) is 5.10 Å². The zero-order valence-electron chi connectivity index (χ0n) is 10.6. The molecule has 0 aromatic carbocycles. The summed E-state index contributed by atoms with van der Waals surface area (Å²) in [5.74, 6) is 0.0422. The minimum Gasteiger partial charge on any atom is -0.396 e. The Morgan fingerprint density at radius 2 is 2.06 bits per heavy atom. The molecular formula is C11H20N4O. The van der Waals surface area contributed by atoms with E-state index in [9.17, 15) is 4.79 Å². The predicted molar refractivity (Wildman–Crippen MR) is 64.0 cm³/mol. The number of hydrogen-bond acceptors (Lipinski definition) is 3. The Morgan fingerprint density at radius 1 is 1.50 bits per heavy atom. The van der Waals surface area contributed by atoms with Gasteiger partial charge >= 0.3 is 0 Å². The lowest BCUT2D eigenvalue weighted by atomic mass is 10.3. The van der Waals surface area contributed by atoms with Crippen molar-refractivity contribution in [2.45, 2.75) is 40.3 Å². The highest BCUT2D eigenvalue weighted by Crippen LogP contribution is 2.14. The number of anilines is 1. The second kappa shape index (κ2) is 4.55. The highest BCUT2D eigenvalue weighted by Gasteiger charge is 2.15. The molecule has 0 saturated heterocycles. The van der Waals surface area contributed by atoms with Gasteiger partial charge in [-0.15, -0.1) is 0 Å². The molecule has 5 heteroatoms. The molecule has 1 aromatic rings. The molecule has 0 unspecified atom stereocenters. The number of aromatic nitrogens is 2. The van der Waals surface area contributed by atoms with Gasteiger partial charge < -0.3 is 10.6 Å². The van der Waals surface area contributed by atoms with E-state index in [0.717, 1.165) is 11.4 Å². The zero-order chi connectivity index (χ0) is 12.5. The van der Waals surface area contributed by atoms with Crippen LogP contribution in [0.1, 0.15) is 25.2 Å². The first kappa shape index (κ1) is 12.5. The van der Waals surface area contributed by atoms with Crippen LogP contribution < -0.4 is 5.73 Å². The van der Waals surface area contributed by atoms with Crippen molar-refractivity contribution in [1.82, 2.24) is 14.7 Å². The average molecular weight is 224 g/mol. The van der Waals surface area contributed by atoms with Gasteiger partial charge in [0.15, 0.2) is 0 Å². The fourth-order valence-corrected chi connectivity index (χ4v) is 1.39. The lowest BCUT2D eigenvalue weighted by Gasteiger charge is -2.21. The van der Waals surface area contributed by atoms with Crippen molar-refractivity contribution >= 4 is 11.6 Å². The number of nitrogen functional groups attached to an aromatic ring is 1. The van der Waals surface area contributed by atoms with E-state index >= 15 is 0 Å². The second-order valence-electron chi connectivity index (χ2n) is 4.34. The molecule has 1 amide bonds. The third-order valence-corrected chi connectivity index (χ3v) is 2.89. The maximum absolute atomic E-state index is 11.9. The number of aryl methyl sites for hydroxylation is 1. The minimum absolute atomic E-state index is 0.0422. The fourth-order valence-electron chi connectivity index (χ4n) is 1.39. The summed E-state index contributed by atoms with van der Waals surface area (Å²) < 4.78 is 1.66. The molecule has 0 spiro atoms. The molecule has 0 atom stereocenters. The summed E-state index contributed by atoms with van der Waals surface area (Å²) in [5.41, 5.74) is 8.10. The molecule has 0 aliphatic heterocycles. The number of carbonyl (C=O) groups is 1. The molecule has 0 aliphatic carbocycles. The standard InChI is InChI=1S/C11H20N4O/c1-7(2)14(5)10(16)6-15-9(4)11(12)8(3)13-15/h7H,6,12H2,1-5H3. The molecule has 1 aromatic heterocycles. The normalized spacial score (nSPS) is 10.9. The zero-order valence-corrected chi connectivity index (χ0v) is 10.6. The quantitative estimate of drug-likeness (QED) is 0.831. The van der Waals surface area contributed by atoms with Gasteiger partial charge in [-0.2, -0.15) is 5.10 Å². The van der Waals surface area contributed by atoms with Gasteiger partial charge in [0.2, 0.25) is 5.91 Å². The largest absolute Gasteiger partial charge is 0.396 e. The maximum Gasteiger partial charge on any atom is 0.244 e. The number of carbonyl (C=O) groups excluding carboxylic acids is 1. The summed E-state index contributed by atoms with van der Waals surface area (Å²) in [7, 11) is 1.79. The first-order valence-electron chi connectivity index (χ1n) is 5.39. The van der Waals surface area contributed by atoms with Gasteiger partial charge in [0.25, 0.3) is 0 Å². The van der Waals surface area contributed by atoms with E-state index in [-0.39, 0.29) is 18.5 Å². The molecule has 16 heavy (non-hydrogen) atoms. The van der Waals surface area contributed by atoms with Gasteiger partial charge in [-0.3, -0.25) is 9.48 Å². The number of likely N-dealkylation sites (N-methyl/N-ethyl adjacent to an activating group) is 1. The molecule has 0 fully saturated rings. The van der Waals surface area contributed by atoms with E-state index in [1.54, 1.807) is 16.6 Å². The van der Waals surface area contributed by atoms with Crippen molar-refractivity contribution in [2.24, 2.45) is 0 Å². The van der Waals surface area contributed by atoms with Gasteiger partial charge in [-0.1, -0.05) is 0 Å². The van der Waals surface area contributed by atoms with Crippen LogP contribution in [0, 0.1) is 13.8 Å². The fraction of sp³-hybridized carbons (Fsp3) is 0.636. The lowest BCUT2D eigenvalue weighted by Crippen LogP contribution is -2.36. The summed E-state index contributed by atoms with van der Waals surface area (Å²) in [4.78, 5) is 13.6. The number of nitrogens with two attached hydrogens (primary N) is 1. The van der Waals surface area contributed by atoms with E-state index < -0.39 is 0 Å². The van der Waals surface area contributed by atoms with Crippen LogP contribution in [-0.4, -0.2) is 33.7 Å². The van der Waals surface area contributed by atoms with E-state index in [4.69, 9.17) is 5.73 Å². The summed E-state index contributed by atoms with van der Waals surface area (Å²) >= 11 is 0. The van der Waals surface area contributed by atoms with Crippen LogP contribution in [0.5, 0.6) is 0 Å². The molecule has 0 saturated carbocycles. The van der Waals surface area contributed by atoms with E-state index in [0.29, 0.717) is 5.69 Å². The van der Waals surface area contributed by atoms with Crippen molar-refractivity contribution in [3.05, 3.63) is 11.4 Å². The van der Waals surface area contributed by atoms with Crippen molar-refractivity contribution in [1.29, 1.82) is 0 Å². The Labute approximate surface area is 96.2 Å². The summed E-state index contributed by atoms with van der Waals surface area (Å²) in [6.45, 7) is 7.92. The van der Waals surface area contributed by atoms with Crippen molar-refractivity contribution in [3.8, 4) is 0 Å². The molecule has 1 rings (SSSR count). The van der Waals surface area contributed by atoms with Gasteiger partial charge in [-0.05, 0) is 27.7 Å². The number of amides is 1. The highest BCUT2D eigenvalue weighted by atomic mass is 16.2. The Bertz CT molecular complexity index is 395. The van der Waals surface area contributed by atoms with Crippen LogP contribution in [0.25, 0.3) is 0 Å². The van der Waals surface area contributed by atoms with Crippen LogP contribution in [0.3, 0.4) is 0 Å². The van der Waals surface area contributed by atoms with Crippen LogP contribution in [0.15, 0.2) is 0 Å². The molecule has 90 valence electrons. The van der Waals surface area contributed by atoms with Crippen LogP contribution in [-0.2, 0) is 11.3 Å². The summed E-state index contributed by atoms with van der Waals surface area (Å²) in [6, 6.07) is 0.196. The molecule has 2 N–H and O–H groups in total. The first-order valence-corrected chi connectivity index (χ1v) is 5.39. The van der Waals surface area contributed by atoms with Crippen LogP contribution >= 0.6 is 0 Å². The number of rotatable bonds is 3. The number of nitrogens with zero attached hydrogens (tertiary/aromatic N) is 3. The van der Waals surface area contributed by atoms with Gasteiger partial charge in [-0.25, -0.2) is 0 Å². The summed E-state index contributed by atoms with van der Waals surface area (Å²) in [5, 5.41) is 4.24. The van der Waals surface area contributed by atoms with Gasteiger partial charge in [0.1, 0.15) is 6.54 Å². The first-order chi connectivity index (χ1) is 7.34. The van der Waals surface area contributed by atoms with Crippen LogP contribution in [0.4, 0.5) is 5.69 Å².